The second-order valence-corrected chi connectivity index (χ2v) is 4.40. The third-order valence-electron chi connectivity index (χ3n) is 2.89. The number of hydrogen-bond donors (Lipinski definition) is 2. The standard InChI is InChI=1S/C15H13N3O4/c19-15(20)13(17-16-12-7-2-1-3-8-12)10-11-6-4-5-9-14(11)18(21)22/h1-9,16H,10H2,(H,19,20)/b17-13+. The Bertz CT molecular complexity index is 714. The van der Waals surface area contributed by atoms with Gasteiger partial charge < -0.3 is 5.11 Å². The van der Waals surface area contributed by atoms with Gasteiger partial charge in [-0.3, -0.25) is 15.5 Å². The third kappa shape index (κ3) is 3.89. The van der Waals surface area contributed by atoms with Crippen LogP contribution in [0.3, 0.4) is 0 Å². The molecule has 0 aliphatic rings. The van der Waals surface area contributed by atoms with Gasteiger partial charge in [-0.2, -0.15) is 5.10 Å². The van der Waals surface area contributed by atoms with E-state index in [9.17, 15) is 20.0 Å². The number of hydrazone groups is 1. The Labute approximate surface area is 126 Å². The molecule has 0 spiro atoms. The number of rotatable bonds is 6. The number of anilines is 1. The van der Waals surface area contributed by atoms with E-state index < -0.39 is 10.9 Å². The predicted molar refractivity (Wildman–Crippen MR) is 81.9 cm³/mol. The zero-order valence-corrected chi connectivity index (χ0v) is 11.5. The first-order valence-electron chi connectivity index (χ1n) is 6.41. The molecule has 0 aliphatic carbocycles. The number of nitro benzene ring substituents is 1. The Hall–Kier alpha value is -3.22. The van der Waals surface area contributed by atoms with Gasteiger partial charge in [-0.15, -0.1) is 0 Å². The van der Waals surface area contributed by atoms with Crippen molar-refractivity contribution in [3.8, 4) is 0 Å². The average Bonchev–Trinajstić information content (AvgIpc) is 2.52. The maximum Gasteiger partial charge on any atom is 0.352 e. The lowest BCUT2D eigenvalue weighted by Gasteiger charge is -2.05. The number of aliphatic carboxylic acids is 1. The molecule has 2 aromatic carbocycles. The van der Waals surface area contributed by atoms with Crippen molar-refractivity contribution in [2.24, 2.45) is 5.10 Å². The second-order valence-electron chi connectivity index (χ2n) is 4.40. The zero-order valence-electron chi connectivity index (χ0n) is 11.5. The van der Waals surface area contributed by atoms with Gasteiger partial charge >= 0.3 is 5.97 Å². The Morgan fingerprint density at radius 3 is 2.41 bits per heavy atom. The summed E-state index contributed by atoms with van der Waals surface area (Å²) in [6.07, 6.45) is -0.147. The van der Waals surface area contributed by atoms with Crippen molar-refractivity contribution in [3.63, 3.8) is 0 Å². The summed E-state index contributed by atoms with van der Waals surface area (Å²) in [5, 5.41) is 24.0. The number of carbonyl (C=O) groups is 1. The average molecular weight is 299 g/mol. The fourth-order valence-electron chi connectivity index (χ4n) is 1.83. The molecule has 0 radical (unpaired) electrons. The molecule has 0 atom stereocenters. The van der Waals surface area contributed by atoms with Gasteiger partial charge in [-0.25, -0.2) is 4.79 Å². The molecule has 0 amide bonds. The summed E-state index contributed by atoms with van der Waals surface area (Å²) in [5.41, 5.74) is 3.22. The Balaban J connectivity index is 2.23. The number of para-hydroxylation sites is 2. The monoisotopic (exact) mass is 299 g/mol. The quantitative estimate of drug-likeness (QED) is 0.484. The van der Waals surface area contributed by atoms with E-state index in [0.717, 1.165) is 0 Å². The minimum atomic E-state index is -1.23. The van der Waals surface area contributed by atoms with E-state index in [1.165, 1.54) is 18.2 Å². The van der Waals surface area contributed by atoms with Gasteiger partial charge in [0.1, 0.15) is 5.71 Å². The SMILES string of the molecule is O=C(O)/C(Cc1ccccc1[N+](=O)[O-])=N/Nc1ccccc1. The minimum Gasteiger partial charge on any atom is -0.477 e. The molecule has 2 rings (SSSR count). The second kappa shape index (κ2) is 6.98. The van der Waals surface area contributed by atoms with E-state index >= 15 is 0 Å². The number of nitrogens with zero attached hydrogens (tertiary/aromatic N) is 2. The van der Waals surface area contributed by atoms with Crippen LogP contribution in [0.4, 0.5) is 11.4 Å². The van der Waals surface area contributed by atoms with Crippen LogP contribution in [-0.4, -0.2) is 21.7 Å². The summed E-state index contributed by atoms with van der Waals surface area (Å²) in [4.78, 5) is 21.7. The lowest BCUT2D eigenvalue weighted by molar-refractivity contribution is -0.385. The first kappa shape index (κ1) is 15.2. The summed E-state index contributed by atoms with van der Waals surface area (Å²) in [7, 11) is 0. The highest BCUT2D eigenvalue weighted by molar-refractivity contribution is 6.36. The molecule has 2 N–H and O–H groups in total. The summed E-state index contributed by atoms with van der Waals surface area (Å²) >= 11 is 0. The molecule has 0 aliphatic heterocycles. The molecule has 0 saturated heterocycles. The van der Waals surface area contributed by atoms with Gasteiger partial charge in [0.05, 0.1) is 10.6 Å². The molecule has 0 aromatic heterocycles. The number of hydrogen-bond acceptors (Lipinski definition) is 5. The van der Waals surface area contributed by atoms with Gasteiger partial charge in [0.25, 0.3) is 5.69 Å². The van der Waals surface area contributed by atoms with Crippen molar-refractivity contribution >= 4 is 23.1 Å². The smallest absolute Gasteiger partial charge is 0.352 e. The molecular weight excluding hydrogens is 286 g/mol. The largest absolute Gasteiger partial charge is 0.477 e. The van der Waals surface area contributed by atoms with E-state index in [0.29, 0.717) is 11.3 Å². The van der Waals surface area contributed by atoms with Gasteiger partial charge in [-0.05, 0) is 12.1 Å². The van der Waals surface area contributed by atoms with Crippen molar-refractivity contribution in [2.45, 2.75) is 6.42 Å². The van der Waals surface area contributed by atoms with Crippen LogP contribution in [0, 0.1) is 10.1 Å². The molecule has 2 aromatic rings. The van der Waals surface area contributed by atoms with E-state index in [1.54, 1.807) is 30.3 Å². The Morgan fingerprint density at radius 2 is 1.77 bits per heavy atom. The lowest BCUT2D eigenvalue weighted by atomic mass is 10.1. The third-order valence-corrected chi connectivity index (χ3v) is 2.89. The zero-order chi connectivity index (χ0) is 15.9. The van der Waals surface area contributed by atoms with Gasteiger partial charge in [0.2, 0.25) is 0 Å². The van der Waals surface area contributed by atoms with Crippen molar-refractivity contribution in [1.29, 1.82) is 0 Å². The molecule has 0 bridgehead atoms. The highest BCUT2D eigenvalue weighted by Crippen LogP contribution is 2.18. The van der Waals surface area contributed by atoms with Crippen LogP contribution in [0.5, 0.6) is 0 Å². The fraction of sp³-hybridized carbons (Fsp3) is 0.0667. The van der Waals surface area contributed by atoms with E-state index in [1.807, 2.05) is 6.07 Å². The van der Waals surface area contributed by atoms with E-state index in [-0.39, 0.29) is 17.8 Å². The van der Waals surface area contributed by atoms with Crippen molar-refractivity contribution in [3.05, 3.63) is 70.3 Å². The summed E-state index contributed by atoms with van der Waals surface area (Å²) < 4.78 is 0. The maximum atomic E-state index is 11.3. The van der Waals surface area contributed by atoms with Crippen LogP contribution >= 0.6 is 0 Å². The normalized spacial score (nSPS) is 11.0. The molecule has 0 unspecified atom stereocenters. The van der Waals surface area contributed by atoms with Gasteiger partial charge in [0, 0.05) is 18.1 Å². The molecule has 112 valence electrons. The summed E-state index contributed by atoms with van der Waals surface area (Å²) in [6, 6.07) is 14.8. The van der Waals surface area contributed by atoms with Crippen molar-refractivity contribution < 1.29 is 14.8 Å². The van der Waals surface area contributed by atoms with Crippen LogP contribution in [0.1, 0.15) is 5.56 Å². The predicted octanol–water partition coefficient (Wildman–Crippen LogP) is 2.69. The number of carboxylic acid groups (broad SMARTS) is 1. The highest BCUT2D eigenvalue weighted by Gasteiger charge is 2.18. The topological polar surface area (TPSA) is 105 Å². The first-order chi connectivity index (χ1) is 10.6. The van der Waals surface area contributed by atoms with Crippen molar-refractivity contribution in [2.75, 3.05) is 5.43 Å². The van der Waals surface area contributed by atoms with Crippen molar-refractivity contribution in [1.82, 2.24) is 0 Å². The van der Waals surface area contributed by atoms with Crippen LogP contribution in [0.15, 0.2) is 59.7 Å². The number of nitro groups is 1. The molecule has 7 heteroatoms. The Kier molecular flexibility index (Phi) is 4.81. The molecule has 0 saturated carbocycles. The maximum absolute atomic E-state index is 11.3. The molecular formula is C15H13N3O4. The number of benzene rings is 2. The van der Waals surface area contributed by atoms with Crippen LogP contribution < -0.4 is 5.43 Å². The molecule has 22 heavy (non-hydrogen) atoms. The Morgan fingerprint density at radius 1 is 1.14 bits per heavy atom. The number of carboxylic acids is 1. The summed E-state index contributed by atoms with van der Waals surface area (Å²) in [6.45, 7) is 0. The van der Waals surface area contributed by atoms with Crippen LogP contribution in [-0.2, 0) is 11.2 Å². The number of nitrogens with one attached hydrogen (secondary N) is 1. The lowest BCUT2D eigenvalue weighted by Crippen LogP contribution is -2.18. The summed E-state index contributed by atoms with van der Waals surface area (Å²) in [5.74, 6) is -1.23. The molecule has 7 nitrogen and oxygen atoms in total. The van der Waals surface area contributed by atoms with Gasteiger partial charge in [-0.1, -0.05) is 36.4 Å². The molecule has 0 fully saturated rings. The first-order valence-corrected chi connectivity index (χ1v) is 6.41. The van der Waals surface area contributed by atoms with Crippen LogP contribution in [0.25, 0.3) is 0 Å². The molecule has 0 heterocycles. The minimum absolute atomic E-state index is 0.129. The van der Waals surface area contributed by atoms with Gasteiger partial charge in [0.15, 0.2) is 0 Å². The van der Waals surface area contributed by atoms with Crippen LogP contribution in [0.2, 0.25) is 0 Å². The highest BCUT2D eigenvalue weighted by atomic mass is 16.6. The van der Waals surface area contributed by atoms with E-state index in [4.69, 9.17) is 0 Å². The fourth-order valence-corrected chi connectivity index (χ4v) is 1.83. The van der Waals surface area contributed by atoms with E-state index in [2.05, 4.69) is 10.5 Å².